The number of aromatic nitrogens is 3. The van der Waals surface area contributed by atoms with E-state index >= 15 is 0 Å². The lowest BCUT2D eigenvalue weighted by atomic mass is 9.89. The van der Waals surface area contributed by atoms with Crippen LogP contribution in [0.5, 0.6) is 0 Å². The second-order valence-corrected chi connectivity index (χ2v) is 9.06. The molecule has 0 bridgehead atoms. The first kappa shape index (κ1) is 22.9. The van der Waals surface area contributed by atoms with E-state index < -0.39 is 6.04 Å². The molecule has 0 radical (unpaired) electrons. The van der Waals surface area contributed by atoms with Crippen LogP contribution in [0.3, 0.4) is 0 Å². The monoisotopic (exact) mass is 483 g/mol. The molecule has 176 valence electrons. The summed E-state index contributed by atoms with van der Waals surface area (Å²) < 4.78 is 3.89. The van der Waals surface area contributed by atoms with Crippen LogP contribution < -0.4 is 10.2 Å². The van der Waals surface area contributed by atoms with E-state index in [0.29, 0.717) is 12.2 Å². The van der Waals surface area contributed by atoms with Gasteiger partial charge in [0.15, 0.2) is 11.7 Å². The van der Waals surface area contributed by atoms with E-state index in [-0.39, 0.29) is 17.5 Å². The Balaban J connectivity index is 1.60. The number of aryl methyl sites for hydroxylation is 1. The van der Waals surface area contributed by atoms with Crippen molar-refractivity contribution in [3.05, 3.63) is 106 Å². The van der Waals surface area contributed by atoms with E-state index in [4.69, 9.17) is 0 Å². The summed E-state index contributed by atoms with van der Waals surface area (Å²) >= 11 is 1.11. The lowest BCUT2D eigenvalue weighted by molar-refractivity contribution is -0.122. The van der Waals surface area contributed by atoms with E-state index in [2.05, 4.69) is 26.0 Å². The van der Waals surface area contributed by atoms with Crippen molar-refractivity contribution in [2.75, 3.05) is 4.90 Å². The van der Waals surface area contributed by atoms with Crippen molar-refractivity contribution < 1.29 is 9.59 Å². The van der Waals surface area contributed by atoms with Gasteiger partial charge in [-0.2, -0.15) is 0 Å². The fourth-order valence-corrected chi connectivity index (χ4v) is 4.97. The first-order valence-corrected chi connectivity index (χ1v) is 12.5. The summed E-state index contributed by atoms with van der Waals surface area (Å²) in [6.07, 6.45) is 5.60. The highest BCUT2D eigenvalue weighted by Gasteiger charge is 2.37. The predicted molar refractivity (Wildman–Crippen MR) is 135 cm³/mol. The van der Waals surface area contributed by atoms with Crippen molar-refractivity contribution in [1.82, 2.24) is 19.9 Å². The minimum absolute atomic E-state index is 0.209. The van der Waals surface area contributed by atoms with Crippen LogP contribution in [0.4, 0.5) is 5.69 Å². The number of nitrogens with zero attached hydrogens (tertiary/aromatic N) is 4. The van der Waals surface area contributed by atoms with Crippen LogP contribution in [-0.4, -0.2) is 26.4 Å². The van der Waals surface area contributed by atoms with Gasteiger partial charge >= 0.3 is 0 Å². The summed E-state index contributed by atoms with van der Waals surface area (Å²) in [5.41, 5.74) is 4.72. The summed E-state index contributed by atoms with van der Waals surface area (Å²) in [6, 6.07) is 20.1. The normalized spacial score (nSPS) is 13.5. The third-order valence-electron chi connectivity index (χ3n) is 6.21. The number of hydrogen-bond donors (Lipinski definition) is 1. The van der Waals surface area contributed by atoms with Gasteiger partial charge in [0.25, 0.3) is 5.91 Å². The van der Waals surface area contributed by atoms with Crippen LogP contribution in [0.1, 0.15) is 51.8 Å². The zero-order valence-electron chi connectivity index (χ0n) is 19.1. The average Bonchev–Trinajstić information content (AvgIpc) is 3.46. The topological polar surface area (TPSA) is 88.1 Å². The maximum absolute atomic E-state index is 13.9. The van der Waals surface area contributed by atoms with Crippen molar-refractivity contribution in [2.24, 2.45) is 0 Å². The molecule has 2 aromatic heterocycles. The number of fused-ring (bicyclic) bond motifs is 1. The number of rotatable bonds is 7. The van der Waals surface area contributed by atoms with E-state index in [0.717, 1.165) is 54.0 Å². The third-order valence-corrected chi connectivity index (χ3v) is 6.72. The Morgan fingerprint density at radius 3 is 2.57 bits per heavy atom. The van der Waals surface area contributed by atoms with Crippen LogP contribution in [0.15, 0.2) is 78.3 Å². The molecule has 0 saturated carbocycles. The highest BCUT2D eigenvalue weighted by atomic mass is 32.1. The Kier molecular flexibility index (Phi) is 6.90. The summed E-state index contributed by atoms with van der Waals surface area (Å²) in [4.78, 5) is 33.8. The summed E-state index contributed by atoms with van der Waals surface area (Å²) in [5, 5.41) is 8.66. The Bertz CT molecular complexity index is 1300. The third kappa shape index (κ3) is 4.97. The highest BCUT2D eigenvalue weighted by molar-refractivity contribution is 7.03. The zero-order chi connectivity index (χ0) is 24.0. The van der Waals surface area contributed by atoms with Gasteiger partial charge in [0, 0.05) is 23.8 Å². The van der Waals surface area contributed by atoms with Crippen LogP contribution in [0.25, 0.3) is 0 Å². The van der Waals surface area contributed by atoms with Gasteiger partial charge in [-0.15, -0.1) is 5.10 Å². The molecular formula is C27H25N5O2S. The molecule has 2 heterocycles. The van der Waals surface area contributed by atoms with Gasteiger partial charge in [0.1, 0.15) is 0 Å². The number of nitrogens with one attached hydrogen (secondary N) is 1. The minimum Gasteiger partial charge on any atom is -0.350 e. The molecule has 1 N–H and O–H groups in total. The Morgan fingerprint density at radius 1 is 0.971 bits per heavy atom. The van der Waals surface area contributed by atoms with Crippen molar-refractivity contribution in [2.45, 2.75) is 38.3 Å². The first-order chi connectivity index (χ1) is 17.2. The van der Waals surface area contributed by atoms with Gasteiger partial charge in [-0.05, 0) is 72.1 Å². The number of carbonyl (C=O) groups is 2. The van der Waals surface area contributed by atoms with Gasteiger partial charge in [0.05, 0.1) is 5.69 Å². The van der Waals surface area contributed by atoms with Crippen LogP contribution >= 0.6 is 11.5 Å². The van der Waals surface area contributed by atoms with Crippen molar-refractivity contribution >= 4 is 29.0 Å². The minimum atomic E-state index is -0.970. The molecule has 1 unspecified atom stereocenters. The molecule has 4 aromatic rings. The molecule has 0 aliphatic heterocycles. The Hall–Kier alpha value is -3.91. The number of carbonyl (C=O) groups excluding carboxylic acids is 2. The largest absolute Gasteiger partial charge is 0.350 e. The zero-order valence-corrected chi connectivity index (χ0v) is 19.9. The molecule has 1 atom stereocenters. The molecule has 2 amide bonds. The molecular weight excluding hydrogens is 458 g/mol. The number of benzene rings is 2. The van der Waals surface area contributed by atoms with Crippen molar-refractivity contribution in [3.8, 4) is 0 Å². The van der Waals surface area contributed by atoms with E-state index in [1.54, 1.807) is 28.6 Å². The first-order valence-electron chi connectivity index (χ1n) is 11.7. The summed E-state index contributed by atoms with van der Waals surface area (Å²) in [5.74, 6) is -0.680. The summed E-state index contributed by atoms with van der Waals surface area (Å²) in [6.45, 7) is 0.343. The molecule has 5 rings (SSSR count). The molecule has 2 aromatic carbocycles. The standard InChI is InChI=1S/C27H25N5O2S/c33-26(29-17-19-9-2-1-3-10-19)25(22-14-6-7-16-28-22)32(27(34)23-18-35-31-30-23)24-15-8-12-20-11-4-5-13-21(20)24/h1-3,6-10,12,14-16,18,25H,4-5,11,13,17H2,(H,29,33). The van der Waals surface area contributed by atoms with Gasteiger partial charge < -0.3 is 5.32 Å². The molecule has 8 heteroatoms. The van der Waals surface area contributed by atoms with E-state index in [1.807, 2.05) is 48.5 Å². The Morgan fingerprint density at radius 2 is 1.80 bits per heavy atom. The quantitative estimate of drug-likeness (QED) is 0.418. The maximum atomic E-state index is 13.9. The van der Waals surface area contributed by atoms with Gasteiger partial charge in [-0.25, -0.2) is 0 Å². The average molecular weight is 484 g/mol. The van der Waals surface area contributed by atoms with E-state index in [9.17, 15) is 9.59 Å². The van der Waals surface area contributed by atoms with Gasteiger partial charge in [-0.3, -0.25) is 19.5 Å². The molecule has 0 spiro atoms. The number of anilines is 1. The second-order valence-electron chi connectivity index (χ2n) is 8.45. The van der Waals surface area contributed by atoms with Crippen molar-refractivity contribution in [1.29, 1.82) is 0 Å². The number of hydrogen-bond acceptors (Lipinski definition) is 6. The molecule has 0 saturated heterocycles. The fourth-order valence-electron chi connectivity index (χ4n) is 4.54. The van der Waals surface area contributed by atoms with Crippen LogP contribution in [-0.2, 0) is 24.2 Å². The van der Waals surface area contributed by atoms with Gasteiger partial charge in [-0.1, -0.05) is 53.0 Å². The SMILES string of the molecule is O=C(NCc1ccccc1)C(c1ccccn1)N(C(=O)c1csnn1)c1cccc2c1CCCC2. The number of amides is 2. The van der Waals surface area contributed by atoms with Crippen LogP contribution in [0.2, 0.25) is 0 Å². The number of pyridine rings is 1. The highest BCUT2D eigenvalue weighted by Crippen LogP contribution is 2.36. The van der Waals surface area contributed by atoms with Gasteiger partial charge in [0.2, 0.25) is 5.91 Å². The molecule has 1 aliphatic carbocycles. The summed E-state index contributed by atoms with van der Waals surface area (Å²) in [7, 11) is 0. The maximum Gasteiger partial charge on any atom is 0.280 e. The Labute approximate surface area is 208 Å². The van der Waals surface area contributed by atoms with Crippen molar-refractivity contribution in [3.63, 3.8) is 0 Å². The smallest absolute Gasteiger partial charge is 0.280 e. The molecule has 0 fully saturated rings. The molecule has 35 heavy (non-hydrogen) atoms. The second kappa shape index (κ2) is 10.6. The lowest BCUT2D eigenvalue weighted by Gasteiger charge is -2.33. The molecule has 7 nitrogen and oxygen atoms in total. The van der Waals surface area contributed by atoms with E-state index in [1.165, 1.54) is 5.56 Å². The van der Waals surface area contributed by atoms with Crippen LogP contribution in [0, 0.1) is 0 Å². The molecule has 1 aliphatic rings. The lowest BCUT2D eigenvalue weighted by Crippen LogP contribution is -2.45. The predicted octanol–water partition coefficient (Wildman–Crippen LogP) is 4.52. The fraction of sp³-hybridized carbons (Fsp3) is 0.222.